The molecule has 0 aliphatic carbocycles. The highest BCUT2D eigenvalue weighted by Gasteiger charge is 2.35. The lowest BCUT2D eigenvalue weighted by atomic mass is 10.2. The summed E-state index contributed by atoms with van der Waals surface area (Å²) >= 11 is 27.4. The van der Waals surface area contributed by atoms with Gasteiger partial charge >= 0.3 is 6.03 Å². The normalized spacial score (nSPS) is 16.1. The summed E-state index contributed by atoms with van der Waals surface area (Å²) < 4.78 is 58.0. The van der Waals surface area contributed by atoms with Gasteiger partial charge in [-0.05, 0) is 59.7 Å². The second kappa shape index (κ2) is 20.7. The summed E-state index contributed by atoms with van der Waals surface area (Å²) in [6.07, 6.45) is 3.10. The average molecular weight is 1000 g/mol. The third-order valence-electron chi connectivity index (χ3n) is 9.54. The van der Waals surface area contributed by atoms with Gasteiger partial charge in [0, 0.05) is 106 Å². The number of nitro groups is 2. The number of benzene rings is 4. The lowest BCUT2D eigenvalue weighted by Crippen LogP contribution is -2.58. The standard InChI is InChI=1S/C39H36Cl4N6O9S4/c40-29-7-9-35(42)37(23-29)59-33(21-27-3-1-5-31(19-27)48(51)52)25-61(55,56)46-15-11-44(12-16-46)39(50)45-13-17-47(18-14-45)62(57,58)26-34(60-38-24-30(41)8-10-36(38)43)22-28-4-2-6-32(20-28)49(53)54/h1-10,19-24H,11-18,25-26H2. The Kier molecular flexibility index (Phi) is 15.9. The van der Waals surface area contributed by atoms with Crippen molar-refractivity contribution >= 4 is 120 Å². The van der Waals surface area contributed by atoms with Crippen LogP contribution in [0.1, 0.15) is 11.1 Å². The molecule has 2 amide bonds. The highest BCUT2D eigenvalue weighted by molar-refractivity contribution is 8.05. The fraction of sp³-hybridized carbons (Fsp3) is 0.256. The molecule has 4 aromatic carbocycles. The molecule has 2 fully saturated rings. The number of hydrogen-bond acceptors (Lipinski definition) is 11. The topological polar surface area (TPSA) is 185 Å². The zero-order valence-electron chi connectivity index (χ0n) is 32.3. The Bertz CT molecular complexity index is 2480. The van der Waals surface area contributed by atoms with E-state index in [9.17, 15) is 41.9 Å². The minimum absolute atomic E-state index is 0.00306. The fourth-order valence-electron chi connectivity index (χ4n) is 6.48. The number of halogens is 4. The van der Waals surface area contributed by atoms with Crippen LogP contribution < -0.4 is 0 Å². The Morgan fingerprint density at radius 1 is 0.581 bits per heavy atom. The molecule has 328 valence electrons. The second-order valence-corrected chi connectivity index (χ2v) is 21.8. The minimum atomic E-state index is -3.97. The number of amides is 2. The van der Waals surface area contributed by atoms with E-state index in [-0.39, 0.29) is 69.8 Å². The first-order chi connectivity index (χ1) is 29.4. The molecular formula is C39H36Cl4N6O9S4. The van der Waals surface area contributed by atoms with Gasteiger partial charge in [-0.25, -0.2) is 21.6 Å². The highest BCUT2D eigenvalue weighted by atomic mass is 35.5. The molecule has 0 atom stereocenters. The van der Waals surface area contributed by atoms with E-state index >= 15 is 0 Å². The Morgan fingerprint density at radius 2 is 0.952 bits per heavy atom. The third-order valence-corrected chi connectivity index (χ3v) is 17.1. The maximum absolute atomic E-state index is 13.8. The molecule has 2 aliphatic rings. The summed E-state index contributed by atoms with van der Waals surface area (Å²) in [5.41, 5.74) is 0.508. The molecular weight excluding hydrogens is 967 g/mol. The zero-order valence-corrected chi connectivity index (χ0v) is 38.6. The largest absolute Gasteiger partial charge is 0.322 e. The van der Waals surface area contributed by atoms with Gasteiger partial charge in [-0.3, -0.25) is 20.2 Å². The zero-order chi connectivity index (χ0) is 44.8. The molecule has 0 aromatic heterocycles. The number of non-ortho nitro benzene ring substituents is 2. The number of urea groups is 1. The lowest BCUT2D eigenvalue weighted by Gasteiger charge is -2.40. The second-order valence-electron chi connectivity index (χ2n) is 13.8. The van der Waals surface area contributed by atoms with Gasteiger partial charge in [0.05, 0.1) is 31.4 Å². The summed E-state index contributed by atoms with van der Waals surface area (Å²) in [7, 11) is -7.94. The molecule has 0 spiro atoms. The maximum atomic E-state index is 13.8. The molecule has 2 aliphatic heterocycles. The molecule has 4 aromatic rings. The van der Waals surface area contributed by atoms with Gasteiger partial charge in [-0.15, -0.1) is 0 Å². The highest BCUT2D eigenvalue weighted by Crippen LogP contribution is 2.38. The third kappa shape index (κ3) is 12.6. The number of piperazine rings is 2. The van der Waals surface area contributed by atoms with Crippen LogP contribution in [0.25, 0.3) is 12.2 Å². The number of nitrogens with zero attached hydrogens (tertiary/aromatic N) is 6. The number of rotatable bonds is 14. The van der Waals surface area contributed by atoms with E-state index in [4.69, 9.17) is 46.4 Å². The van der Waals surface area contributed by atoms with Gasteiger partial charge in [-0.2, -0.15) is 8.61 Å². The van der Waals surface area contributed by atoms with Crippen LogP contribution in [0.4, 0.5) is 16.2 Å². The molecule has 0 unspecified atom stereocenters. The van der Waals surface area contributed by atoms with Crippen LogP contribution in [0.15, 0.2) is 105 Å². The van der Waals surface area contributed by atoms with Gasteiger partial charge in [-0.1, -0.05) is 94.2 Å². The minimum Gasteiger partial charge on any atom is -0.322 e. The number of sulfonamides is 2. The van der Waals surface area contributed by atoms with Crippen LogP contribution in [0.2, 0.25) is 20.1 Å². The van der Waals surface area contributed by atoms with Crippen LogP contribution in [-0.2, 0) is 20.0 Å². The van der Waals surface area contributed by atoms with Crippen LogP contribution >= 0.6 is 69.9 Å². The first kappa shape index (κ1) is 47.6. The predicted octanol–water partition coefficient (Wildman–Crippen LogP) is 9.10. The van der Waals surface area contributed by atoms with Crippen LogP contribution in [0, 0.1) is 20.2 Å². The maximum Gasteiger partial charge on any atom is 0.320 e. The van der Waals surface area contributed by atoms with Crippen molar-refractivity contribution in [2.75, 3.05) is 63.9 Å². The Morgan fingerprint density at radius 3 is 1.31 bits per heavy atom. The van der Waals surface area contributed by atoms with E-state index in [0.29, 0.717) is 50.8 Å². The smallest absolute Gasteiger partial charge is 0.320 e. The van der Waals surface area contributed by atoms with Crippen molar-refractivity contribution in [2.24, 2.45) is 0 Å². The van der Waals surface area contributed by atoms with Crippen molar-refractivity contribution in [2.45, 2.75) is 9.79 Å². The molecule has 2 saturated heterocycles. The average Bonchev–Trinajstić information content (AvgIpc) is 3.23. The Hall–Kier alpha value is -3.89. The molecule has 2 heterocycles. The first-order valence-corrected chi connectivity index (χ1v) is 24.9. The summed E-state index contributed by atoms with van der Waals surface area (Å²) in [6, 6.07) is 20.8. The van der Waals surface area contributed by atoms with Crippen molar-refractivity contribution in [3.05, 3.63) is 146 Å². The monoisotopic (exact) mass is 1000 g/mol. The molecule has 23 heteroatoms. The van der Waals surface area contributed by atoms with E-state index in [1.807, 2.05) is 0 Å². The summed E-state index contributed by atoms with van der Waals surface area (Å²) in [5.74, 6) is -0.916. The summed E-state index contributed by atoms with van der Waals surface area (Å²) in [6.45, 7) is 0.357. The van der Waals surface area contributed by atoms with E-state index in [1.54, 1.807) is 60.7 Å². The van der Waals surface area contributed by atoms with E-state index in [1.165, 1.54) is 54.8 Å². The van der Waals surface area contributed by atoms with Gasteiger partial charge < -0.3 is 9.80 Å². The summed E-state index contributed by atoms with van der Waals surface area (Å²) in [4.78, 5) is 40.1. The van der Waals surface area contributed by atoms with Gasteiger partial charge in [0.1, 0.15) is 0 Å². The van der Waals surface area contributed by atoms with Gasteiger partial charge in [0.2, 0.25) is 20.0 Å². The Balaban J connectivity index is 1.09. The van der Waals surface area contributed by atoms with Gasteiger partial charge in [0.15, 0.2) is 0 Å². The van der Waals surface area contributed by atoms with E-state index < -0.39 is 41.4 Å². The molecule has 6 rings (SSSR count). The van der Waals surface area contributed by atoms with Crippen molar-refractivity contribution in [1.82, 2.24) is 18.4 Å². The van der Waals surface area contributed by atoms with E-state index in [2.05, 4.69) is 0 Å². The van der Waals surface area contributed by atoms with Crippen molar-refractivity contribution in [3.8, 4) is 0 Å². The quantitative estimate of drug-likeness (QED) is 0.0667. The number of carbonyl (C=O) groups is 1. The lowest BCUT2D eigenvalue weighted by molar-refractivity contribution is -0.385. The molecule has 0 saturated carbocycles. The summed E-state index contributed by atoms with van der Waals surface area (Å²) in [5, 5.41) is 24.3. The van der Waals surface area contributed by atoms with Crippen molar-refractivity contribution < 1.29 is 31.5 Å². The number of nitro benzene ring substituents is 2. The number of hydrogen-bond donors (Lipinski definition) is 0. The first-order valence-electron chi connectivity index (χ1n) is 18.5. The molecule has 0 radical (unpaired) electrons. The predicted molar refractivity (Wildman–Crippen MR) is 246 cm³/mol. The van der Waals surface area contributed by atoms with Crippen LogP contribution in [0.5, 0.6) is 0 Å². The van der Waals surface area contributed by atoms with Crippen LogP contribution in [0.3, 0.4) is 0 Å². The SMILES string of the molecule is O=C(N1CCN(S(=O)(=O)CC(=Cc2cccc([N+](=O)[O-])c2)Sc2cc(Cl)ccc2Cl)CC1)N1CCN(S(=O)(=O)CC(=Cc2cccc([N+](=O)[O-])c2)Sc2cc(Cl)ccc2Cl)CC1. The molecule has 0 bridgehead atoms. The van der Waals surface area contributed by atoms with Crippen molar-refractivity contribution in [3.63, 3.8) is 0 Å². The molecule has 62 heavy (non-hydrogen) atoms. The number of thioether (sulfide) groups is 2. The molecule has 15 nitrogen and oxygen atoms in total. The van der Waals surface area contributed by atoms with E-state index in [0.717, 1.165) is 23.5 Å². The molecule has 0 N–H and O–H groups in total. The van der Waals surface area contributed by atoms with Crippen LogP contribution in [-0.4, -0.2) is 115 Å². The Labute approximate surface area is 386 Å². The van der Waals surface area contributed by atoms with Gasteiger partial charge in [0.25, 0.3) is 11.4 Å². The number of carbonyl (C=O) groups excluding carboxylic acids is 1. The van der Waals surface area contributed by atoms with Crippen molar-refractivity contribution in [1.29, 1.82) is 0 Å². The fourth-order valence-corrected chi connectivity index (χ4v) is 13.1.